The molecule has 0 unspecified atom stereocenters. The first-order valence-corrected chi connectivity index (χ1v) is 7.11. The SMILES string of the molecule is Cc1cc(Cl)nc(CN2CCCN(CCO)CC2)n1. The summed E-state index contributed by atoms with van der Waals surface area (Å²) in [5, 5.41) is 9.50. The van der Waals surface area contributed by atoms with Crippen molar-refractivity contribution in [3.05, 3.63) is 22.7 Å². The van der Waals surface area contributed by atoms with Gasteiger partial charge >= 0.3 is 0 Å². The summed E-state index contributed by atoms with van der Waals surface area (Å²) in [6.07, 6.45) is 1.11. The molecule has 2 heterocycles. The first-order chi connectivity index (χ1) is 9.17. The molecule has 1 N–H and O–H groups in total. The second-order valence-corrected chi connectivity index (χ2v) is 5.33. The van der Waals surface area contributed by atoms with Crippen LogP contribution in [-0.4, -0.2) is 64.2 Å². The van der Waals surface area contributed by atoms with Gasteiger partial charge in [0.25, 0.3) is 0 Å². The van der Waals surface area contributed by atoms with Crippen LogP contribution in [0.5, 0.6) is 0 Å². The molecule has 0 spiro atoms. The second kappa shape index (κ2) is 7.14. The van der Waals surface area contributed by atoms with Gasteiger partial charge in [0.15, 0.2) is 0 Å². The van der Waals surface area contributed by atoms with Gasteiger partial charge in [-0.15, -0.1) is 0 Å². The summed E-state index contributed by atoms with van der Waals surface area (Å²) in [6, 6.07) is 1.77. The number of β-amino-alcohol motifs (C(OH)–C–C–N with tert-alkyl or cyclic N) is 1. The summed E-state index contributed by atoms with van der Waals surface area (Å²) in [5.41, 5.74) is 0.909. The molecule has 1 aromatic rings. The van der Waals surface area contributed by atoms with Crippen LogP contribution in [0.2, 0.25) is 5.15 Å². The number of aryl methyl sites for hydroxylation is 1. The van der Waals surface area contributed by atoms with E-state index in [4.69, 9.17) is 16.7 Å². The molecule has 19 heavy (non-hydrogen) atoms. The minimum Gasteiger partial charge on any atom is -0.395 e. The van der Waals surface area contributed by atoms with Crippen molar-refractivity contribution in [2.45, 2.75) is 19.9 Å². The fraction of sp³-hybridized carbons (Fsp3) is 0.692. The lowest BCUT2D eigenvalue weighted by Crippen LogP contribution is -2.32. The monoisotopic (exact) mass is 284 g/mol. The number of aliphatic hydroxyl groups excluding tert-OH is 1. The smallest absolute Gasteiger partial charge is 0.144 e. The summed E-state index contributed by atoms with van der Waals surface area (Å²) in [7, 11) is 0. The number of aromatic nitrogens is 2. The van der Waals surface area contributed by atoms with Crippen LogP contribution in [0.15, 0.2) is 6.07 Å². The molecular weight excluding hydrogens is 264 g/mol. The first-order valence-electron chi connectivity index (χ1n) is 6.73. The third kappa shape index (κ3) is 4.69. The van der Waals surface area contributed by atoms with Crippen LogP contribution < -0.4 is 0 Å². The van der Waals surface area contributed by atoms with Crippen molar-refractivity contribution in [3.8, 4) is 0 Å². The van der Waals surface area contributed by atoms with Gasteiger partial charge in [-0.3, -0.25) is 9.80 Å². The lowest BCUT2D eigenvalue weighted by Gasteiger charge is -2.20. The van der Waals surface area contributed by atoms with Crippen molar-refractivity contribution in [2.24, 2.45) is 0 Å². The molecular formula is C13H21ClN4O. The van der Waals surface area contributed by atoms with Crippen molar-refractivity contribution >= 4 is 11.6 Å². The molecule has 0 bridgehead atoms. The maximum Gasteiger partial charge on any atom is 0.144 e. The number of rotatable bonds is 4. The number of nitrogens with zero attached hydrogens (tertiary/aromatic N) is 4. The lowest BCUT2D eigenvalue weighted by molar-refractivity contribution is 0.195. The molecule has 1 fully saturated rings. The summed E-state index contributed by atoms with van der Waals surface area (Å²) >= 11 is 5.96. The van der Waals surface area contributed by atoms with E-state index in [0.29, 0.717) is 5.15 Å². The third-order valence-electron chi connectivity index (χ3n) is 3.33. The van der Waals surface area contributed by atoms with Gasteiger partial charge in [-0.05, 0) is 32.5 Å². The maximum atomic E-state index is 8.98. The van der Waals surface area contributed by atoms with Gasteiger partial charge in [-0.25, -0.2) is 9.97 Å². The number of hydrogen-bond acceptors (Lipinski definition) is 5. The molecule has 1 saturated heterocycles. The van der Waals surface area contributed by atoms with Crippen LogP contribution in [0, 0.1) is 6.92 Å². The Morgan fingerprint density at radius 3 is 2.68 bits per heavy atom. The third-order valence-corrected chi connectivity index (χ3v) is 3.53. The quantitative estimate of drug-likeness (QED) is 0.834. The Bertz CT molecular complexity index is 395. The molecule has 2 rings (SSSR count). The number of hydrogen-bond donors (Lipinski definition) is 1. The molecule has 0 aliphatic carbocycles. The van der Waals surface area contributed by atoms with E-state index in [-0.39, 0.29) is 6.61 Å². The van der Waals surface area contributed by atoms with Gasteiger partial charge in [0.2, 0.25) is 0 Å². The van der Waals surface area contributed by atoms with Gasteiger partial charge < -0.3 is 5.11 Å². The van der Waals surface area contributed by atoms with E-state index in [1.54, 1.807) is 6.07 Å². The van der Waals surface area contributed by atoms with E-state index >= 15 is 0 Å². The second-order valence-electron chi connectivity index (χ2n) is 4.94. The summed E-state index contributed by atoms with van der Waals surface area (Å²) in [4.78, 5) is 13.3. The van der Waals surface area contributed by atoms with Crippen LogP contribution in [0.4, 0.5) is 0 Å². The Morgan fingerprint density at radius 1 is 1.21 bits per heavy atom. The highest BCUT2D eigenvalue weighted by Gasteiger charge is 2.15. The van der Waals surface area contributed by atoms with Gasteiger partial charge in [0.05, 0.1) is 13.2 Å². The van der Waals surface area contributed by atoms with E-state index in [1.807, 2.05) is 6.92 Å². The fourth-order valence-corrected chi connectivity index (χ4v) is 2.66. The van der Waals surface area contributed by atoms with E-state index in [1.165, 1.54) is 0 Å². The minimum atomic E-state index is 0.233. The summed E-state index contributed by atoms with van der Waals surface area (Å²) < 4.78 is 0. The zero-order valence-electron chi connectivity index (χ0n) is 11.3. The molecule has 0 radical (unpaired) electrons. The molecule has 0 saturated carbocycles. The zero-order valence-corrected chi connectivity index (χ0v) is 12.1. The Hall–Kier alpha value is -0.750. The average molecular weight is 285 g/mol. The zero-order chi connectivity index (χ0) is 13.7. The Balaban J connectivity index is 1.92. The van der Waals surface area contributed by atoms with Crippen LogP contribution in [0.1, 0.15) is 17.9 Å². The largest absolute Gasteiger partial charge is 0.395 e. The standard InChI is InChI=1S/C13H21ClN4O/c1-11-9-12(14)16-13(15-11)10-18-4-2-3-17(5-6-18)7-8-19/h9,19H,2-8,10H2,1H3. The van der Waals surface area contributed by atoms with Crippen LogP contribution in [-0.2, 0) is 6.54 Å². The number of halogens is 1. The molecule has 1 aromatic heterocycles. The van der Waals surface area contributed by atoms with Gasteiger partial charge in [-0.1, -0.05) is 11.6 Å². The van der Waals surface area contributed by atoms with E-state index in [9.17, 15) is 0 Å². The Kier molecular flexibility index (Phi) is 5.51. The minimum absolute atomic E-state index is 0.233. The highest BCUT2D eigenvalue weighted by atomic mass is 35.5. The molecule has 1 aliphatic heterocycles. The Morgan fingerprint density at radius 2 is 1.95 bits per heavy atom. The molecule has 106 valence electrons. The predicted octanol–water partition coefficient (Wildman–Crippen LogP) is 0.938. The molecule has 5 nitrogen and oxygen atoms in total. The predicted molar refractivity (Wildman–Crippen MR) is 75.2 cm³/mol. The van der Waals surface area contributed by atoms with Crippen molar-refractivity contribution in [1.29, 1.82) is 0 Å². The molecule has 6 heteroatoms. The van der Waals surface area contributed by atoms with Gasteiger partial charge in [0, 0.05) is 25.3 Å². The molecule has 1 aliphatic rings. The van der Waals surface area contributed by atoms with Crippen LogP contribution in [0.25, 0.3) is 0 Å². The van der Waals surface area contributed by atoms with E-state index in [0.717, 1.165) is 57.2 Å². The average Bonchev–Trinajstić information content (AvgIpc) is 2.54. The van der Waals surface area contributed by atoms with Gasteiger partial charge in [-0.2, -0.15) is 0 Å². The first kappa shape index (κ1) is 14.7. The van der Waals surface area contributed by atoms with E-state index in [2.05, 4.69) is 19.8 Å². The summed E-state index contributed by atoms with van der Waals surface area (Å²) in [6.45, 7) is 7.73. The van der Waals surface area contributed by atoms with Gasteiger partial charge in [0.1, 0.15) is 11.0 Å². The maximum absolute atomic E-state index is 8.98. The normalized spacial score (nSPS) is 18.5. The van der Waals surface area contributed by atoms with Crippen molar-refractivity contribution in [1.82, 2.24) is 19.8 Å². The van der Waals surface area contributed by atoms with Crippen molar-refractivity contribution in [2.75, 3.05) is 39.3 Å². The van der Waals surface area contributed by atoms with Crippen molar-refractivity contribution in [3.63, 3.8) is 0 Å². The molecule has 0 atom stereocenters. The van der Waals surface area contributed by atoms with Crippen LogP contribution in [0.3, 0.4) is 0 Å². The Labute approximate surface area is 119 Å². The summed E-state index contributed by atoms with van der Waals surface area (Å²) in [5.74, 6) is 0.792. The highest BCUT2D eigenvalue weighted by Crippen LogP contribution is 2.10. The van der Waals surface area contributed by atoms with E-state index < -0.39 is 0 Å². The topological polar surface area (TPSA) is 52.5 Å². The molecule has 0 amide bonds. The fourth-order valence-electron chi connectivity index (χ4n) is 2.41. The van der Waals surface area contributed by atoms with Crippen molar-refractivity contribution < 1.29 is 5.11 Å². The lowest BCUT2D eigenvalue weighted by atomic mass is 10.3. The van der Waals surface area contributed by atoms with Crippen LogP contribution >= 0.6 is 11.6 Å². The molecule has 0 aromatic carbocycles. The highest BCUT2D eigenvalue weighted by molar-refractivity contribution is 6.29. The number of aliphatic hydroxyl groups is 1.